The highest BCUT2D eigenvalue weighted by molar-refractivity contribution is 6.30. The summed E-state index contributed by atoms with van der Waals surface area (Å²) in [5.74, 6) is -1.16. The lowest BCUT2D eigenvalue weighted by atomic mass is 10.0. The summed E-state index contributed by atoms with van der Waals surface area (Å²) in [5, 5.41) is 3.59. The second-order valence-electron chi connectivity index (χ2n) is 10.1. The van der Waals surface area contributed by atoms with E-state index in [4.69, 9.17) is 11.6 Å². The maximum Gasteiger partial charge on any atom is 0.261 e. The first-order valence-electron chi connectivity index (χ1n) is 13.6. The van der Waals surface area contributed by atoms with E-state index in [-0.39, 0.29) is 55.6 Å². The summed E-state index contributed by atoms with van der Waals surface area (Å²) in [4.78, 5) is 55.7. The number of rotatable bonds is 12. The lowest BCUT2D eigenvalue weighted by molar-refractivity contribution is -0.141. The molecule has 3 aromatic rings. The number of nitrogens with zero attached hydrogens (tertiary/aromatic N) is 2. The number of carbonyl (C=O) groups excluding carboxylic acids is 4. The number of imide groups is 1. The summed E-state index contributed by atoms with van der Waals surface area (Å²) in [6.45, 7) is 4.23. The third-order valence-corrected chi connectivity index (χ3v) is 7.40. The molecule has 0 saturated heterocycles. The fraction of sp³-hybridized carbons (Fsp3) is 0.312. The van der Waals surface area contributed by atoms with Crippen molar-refractivity contribution in [2.45, 2.75) is 58.2 Å². The summed E-state index contributed by atoms with van der Waals surface area (Å²) in [6, 6.07) is 22.7. The van der Waals surface area contributed by atoms with Crippen LogP contribution in [0.4, 0.5) is 0 Å². The van der Waals surface area contributed by atoms with E-state index in [0.717, 1.165) is 17.5 Å². The van der Waals surface area contributed by atoms with Gasteiger partial charge in [0.1, 0.15) is 6.04 Å². The molecule has 0 radical (unpaired) electrons. The highest BCUT2D eigenvalue weighted by atomic mass is 35.5. The molecular formula is C32H34ClN3O4. The Hall–Kier alpha value is -3.97. The van der Waals surface area contributed by atoms with Gasteiger partial charge in [-0.15, -0.1) is 0 Å². The van der Waals surface area contributed by atoms with Crippen LogP contribution in [-0.2, 0) is 22.6 Å². The number of carbonyl (C=O) groups is 4. The van der Waals surface area contributed by atoms with Crippen LogP contribution in [0.5, 0.6) is 0 Å². The Labute approximate surface area is 240 Å². The van der Waals surface area contributed by atoms with Crippen LogP contribution < -0.4 is 5.32 Å². The molecule has 1 aliphatic heterocycles. The fourth-order valence-electron chi connectivity index (χ4n) is 4.80. The van der Waals surface area contributed by atoms with Gasteiger partial charge < -0.3 is 10.2 Å². The van der Waals surface area contributed by atoms with Crippen molar-refractivity contribution < 1.29 is 19.2 Å². The van der Waals surface area contributed by atoms with Crippen molar-refractivity contribution in [3.8, 4) is 0 Å². The standard InChI is InChI=1S/C32H34ClN3O4/c1-3-22(2)34-30(38)28(20-23-11-5-4-6-12-23)36(21-24-13-9-14-25(33)19-24)29(37)17-10-18-35-31(39)26-15-7-8-16-27(26)32(35)40/h4-9,11-16,19,22,28H,3,10,17-18,20-21H2,1-2H3,(H,34,38)/t22-,28+/m0/s1. The Bertz CT molecular complexity index is 1340. The van der Waals surface area contributed by atoms with Gasteiger partial charge in [0.15, 0.2) is 0 Å². The molecule has 0 aliphatic carbocycles. The molecule has 8 heteroatoms. The van der Waals surface area contributed by atoms with Crippen molar-refractivity contribution in [1.82, 2.24) is 15.1 Å². The minimum absolute atomic E-state index is 0.0530. The monoisotopic (exact) mass is 559 g/mol. The van der Waals surface area contributed by atoms with Gasteiger partial charge in [0.05, 0.1) is 11.1 Å². The molecule has 1 N–H and O–H groups in total. The molecular weight excluding hydrogens is 526 g/mol. The van der Waals surface area contributed by atoms with Crippen molar-refractivity contribution in [2.75, 3.05) is 6.54 Å². The maximum absolute atomic E-state index is 13.8. The van der Waals surface area contributed by atoms with Gasteiger partial charge in [-0.05, 0) is 55.2 Å². The molecule has 40 heavy (non-hydrogen) atoms. The van der Waals surface area contributed by atoms with Gasteiger partial charge in [0.2, 0.25) is 11.8 Å². The molecule has 0 aromatic heterocycles. The first kappa shape index (κ1) is 29.0. The molecule has 208 valence electrons. The summed E-state index contributed by atoms with van der Waals surface area (Å²) in [7, 11) is 0. The topological polar surface area (TPSA) is 86.8 Å². The van der Waals surface area contributed by atoms with Crippen LogP contribution in [0, 0.1) is 0 Å². The summed E-state index contributed by atoms with van der Waals surface area (Å²) < 4.78 is 0. The second-order valence-corrected chi connectivity index (χ2v) is 10.5. The molecule has 4 amide bonds. The second kappa shape index (κ2) is 13.4. The minimum atomic E-state index is -0.762. The molecule has 0 saturated carbocycles. The van der Waals surface area contributed by atoms with Crippen LogP contribution in [0.1, 0.15) is 65.0 Å². The zero-order valence-electron chi connectivity index (χ0n) is 22.8. The molecule has 7 nitrogen and oxygen atoms in total. The summed E-state index contributed by atoms with van der Waals surface area (Å²) in [5.41, 5.74) is 2.49. The molecule has 2 atom stereocenters. The van der Waals surface area contributed by atoms with E-state index in [1.54, 1.807) is 41.3 Å². The Morgan fingerprint density at radius 2 is 1.52 bits per heavy atom. The van der Waals surface area contributed by atoms with Crippen molar-refractivity contribution in [2.24, 2.45) is 0 Å². The summed E-state index contributed by atoms with van der Waals surface area (Å²) >= 11 is 6.24. The zero-order valence-corrected chi connectivity index (χ0v) is 23.6. The highest BCUT2D eigenvalue weighted by Gasteiger charge is 2.35. The van der Waals surface area contributed by atoms with E-state index in [1.165, 1.54) is 4.90 Å². The molecule has 1 aliphatic rings. The lowest BCUT2D eigenvalue weighted by Gasteiger charge is -2.32. The molecule has 4 rings (SSSR count). The largest absolute Gasteiger partial charge is 0.352 e. The van der Waals surface area contributed by atoms with Crippen molar-refractivity contribution >= 4 is 35.2 Å². The van der Waals surface area contributed by atoms with Crippen LogP contribution in [-0.4, -0.2) is 52.1 Å². The molecule has 0 spiro atoms. The van der Waals surface area contributed by atoms with Crippen LogP contribution in [0.2, 0.25) is 5.02 Å². The van der Waals surface area contributed by atoms with Gasteiger partial charge in [-0.1, -0.05) is 73.1 Å². The predicted octanol–water partition coefficient (Wildman–Crippen LogP) is 5.27. The Morgan fingerprint density at radius 1 is 0.900 bits per heavy atom. The van der Waals surface area contributed by atoms with Gasteiger partial charge >= 0.3 is 0 Å². The Kier molecular flexibility index (Phi) is 9.72. The smallest absolute Gasteiger partial charge is 0.261 e. The first-order valence-corrected chi connectivity index (χ1v) is 14.0. The van der Waals surface area contributed by atoms with E-state index in [1.807, 2.05) is 56.3 Å². The van der Waals surface area contributed by atoms with Crippen molar-refractivity contribution in [3.05, 3.63) is 106 Å². The van der Waals surface area contributed by atoms with Gasteiger partial charge in [-0.2, -0.15) is 0 Å². The van der Waals surface area contributed by atoms with Gasteiger partial charge in [0, 0.05) is 37.0 Å². The predicted molar refractivity (Wildman–Crippen MR) is 155 cm³/mol. The maximum atomic E-state index is 13.8. The van der Waals surface area contributed by atoms with E-state index in [0.29, 0.717) is 22.6 Å². The fourth-order valence-corrected chi connectivity index (χ4v) is 5.01. The Balaban J connectivity index is 1.55. The lowest BCUT2D eigenvalue weighted by Crippen LogP contribution is -2.52. The van der Waals surface area contributed by atoms with Crippen LogP contribution in [0.25, 0.3) is 0 Å². The molecule has 0 unspecified atom stereocenters. The Morgan fingerprint density at radius 3 is 2.15 bits per heavy atom. The van der Waals surface area contributed by atoms with Crippen molar-refractivity contribution in [3.63, 3.8) is 0 Å². The molecule has 3 aromatic carbocycles. The number of hydrogen-bond acceptors (Lipinski definition) is 4. The van der Waals surface area contributed by atoms with Crippen LogP contribution >= 0.6 is 11.6 Å². The average molecular weight is 560 g/mol. The van der Waals surface area contributed by atoms with Gasteiger partial charge in [-0.25, -0.2) is 0 Å². The molecule has 0 bridgehead atoms. The van der Waals surface area contributed by atoms with E-state index in [9.17, 15) is 19.2 Å². The molecule has 0 fully saturated rings. The SMILES string of the molecule is CC[C@H](C)NC(=O)[C@@H](Cc1ccccc1)N(Cc1cccc(Cl)c1)C(=O)CCCN1C(=O)c2ccccc2C1=O. The number of nitrogens with one attached hydrogen (secondary N) is 1. The number of amides is 4. The normalized spacial score (nSPS) is 14.0. The summed E-state index contributed by atoms with van der Waals surface area (Å²) in [6.07, 6.45) is 1.44. The van der Waals surface area contributed by atoms with Crippen LogP contribution in [0.15, 0.2) is 78.9 Å². The third-order valence-electron chi connectivity index (χ3n) is 7.16. The quantitative estimate of drug-likeness (QED) is 0.306. The minimum Gasteiger partial charge on any atom is -0.352 e. The number of fused-ring (bicyclic) bond motifs is 1. The van der Waals surface area contributed by atoms with E-state index in [2.05, 4.69) is 5.32 Å². The van der Waals surface area contributed by atoms with E-state index < -0.39 is 6.04 Å². The zero-order chi connectivity index (χ0) is 28.6. The number of hydrogen-bond donors (Lipinski definition) is 1. The average Bonchev–Trinajstić information content (AvgIpc) is 3.20. The number of benzene rings is 3. The van der Waals surface area contributed by atoms with Gasteiger partial charge in [-0.3, -0.25) is 24.1 Å². The van der Waals surface area contributed by atoms with Crippen LogP contribution in [0.3, 0.4) is 0 Å². The molecule has 1 heterocycles. The van der Waals surface area contributed by atoms with Gasteiger partial charge in [0.25, 0.3) is 11.8 Å². The third kappa shape index (κ3) is 6.96. The number of halogens is 1. The van der Waals surface area contributed by atoms with E-state index >= 15 is 0 Å². The first-order chi connectivity index (χ1) is 19.3. The van der Waals surface area contributed by atoms with Crippen molar-refractivity contribution in [1.29, 1.82) is 0 Å². The highest BCUT2D eigenvalue weighted by Crippen LogP contribution is 2.23.